The molecule has 0 spiro atoms. The first kappa shape index (κ1) is 20.0. The number of carbonyl (C=O) groups is 1. The Labute approximate surface area is 183 Å². The van der Waals surface area contributed by atoms with Crippen molar-refractivity contribution in [3.05, 3.63) is 78.4 Å². The Kier molecular flexibility index (Phi) is 4.55. The molecule has 1 unspecified atom stereocenters. The van der Waals surface area contributed by atoms with E-state index in [-0.39, 0.29) is 10.1 Å². The highest BCUT2D eigenvalue weighted by molar-refractivity contribution is 7.91. The molecule has 0 amide bonds. The number of H-pyrrole nitrogens is 1. The lowest BCUT2D eigenvalue weighted by atomic mass is 10.1. The maximum Gasteiger partial charge on any atom is 0.325 e. The van der Waals surface area contributed by atoms with Gasteiger partial charge < -0.3 is 10.1 Å². The summed E-state index contributed by atoms with van der Waals surface area (Å²) in [5.41, 5.74) is 1.05. The van der Waals surface area contributed by atoms with E-state index in [1.165, 1.54) is 6.07 Å². The average Bonchev–Trinajstić information content (AvgIpc) is 3.16. The molecule has 1 aliphatic carbocycles. The third kappa shape index (κ3) is 3.18. The zero-order valence-electron chi connectivity index (χ0n) is 16.6. The van der Waals surface area contributed by atoms with Crippen molar-refractivity contribution >= 4 is 38.2 Å². The number of carboxylic acids is 1. The Morgan fingerprint density at radius 1 is 1.06 bits per heavy atom. The molecule has 0 aliphatic heterocycles. The van der Waals surface area contributed by atoms with Crippen molar-refractivity contribution in [1.82, 2.24) is 9.71 Å². The van der Waals surface area contributed by atoms with Crippen LogP contribution in [0.4, 0.5) is 0 Å². The van der Waals surface area contributed by atoms with Crippen molar-refractivity contribution in [3.8, 4) is 10.6 Å². The van der Waals surface area contributed by atoms with E-state index in [1.807, 2.05) is 60.7 Å². The number of nitrogens with one attached hydrogen (secondary N) is 2. The highest BCUT2D eigenvalue weighted by Gasteiger charge is 2.70. The number of aromatic nitrogens is 1. The third-order valence-corrected chi connectivity index (χ3v) is 9.15. The van der Waals surface area contributed by atoms with E-state index in [2.05, 4.69) is 9.71 Å². The van der Waals surface area contributed by atoms with Crippen LogP contribution >= 0.6 is 11.3 Å². The molecule has 0 bridgehead atoms. The van der Waals surface area contributed by atoms with Crippen LogP contribution in [0.15, 0.2) is 77.0 Å². The number of para-hydroxylation sites is 1. The van der Waals surface area contributed by atoms with Crippen LogP contribution in [0.3, 0.4) is 0 Å². The van der Waals surface area contributed by atoms with E-state index in [4.69, 9.17) is 0 Å². The molecule has 2 aromatic heterocycles. The number of sulfonamides is 1. The Bertz CT molecular complexity index is 1360. The lowest BCUT2D eigenvalue weighted by Gasteiger charge is -2.15. The van der Waals surface area contributed by atoms with E-state index >= 15 is 0 Å². The summed E-state index contributed by atoms with van der Waals surface area (Å²) < 4.78 is 28.9. The van der Waals surface area contributed by atoms with Crippen LogP contribution < -0.4 is 4.72 Å². The molecule has 0 saturated heterocycles. The Morgan fingerprint density at radius 2 is 1.77 bits per heavy atom. The lowest BCUT2D eigenvalue weighted by molar-refractivity contribution is -0.140. The third-order valence-electron chi connectivity index (χ3n) is 6.06. The zero-order valence-corrected chi connectivity index (χ0v) is 18.2. The van der Waals surface area contributed by atoms with Crippen molar-refractivity contribution in [1.29, 1.82) is 0 Å². The first-order chi connectivity index (χ1) is 14.8. The minimum absolute atomic E-state index is 0.0905. The largest absolute Gasteiger partial charge is 0.480 e. The molecule has 3 N–H and O–H groups in total. The van der Waals surface area contributed by atoms with Crippen LogP contribution in [0.2, 0.25) is 0 Å². The molecular weight excluding hydrogens is 432 g/mol. The fourth-order valence-electron chi connectivity index (χ4n) is 4.39. The summed E-state index contributed by atoms with van der Waals surface area (Å²) in [5.74, 6) is -1.95. The van der Waals surface area contributed by atoms with Gasteiger partial charge in [0.2, 0.25) is 0 Å². The molecule has 6 nitrogen and oxygen atoms in total. The second-order valence-corrected chi connectivity index (χ2v) is 10.8. The van der Waals surface area contributed by atoms with Crippen LogP contribution in [-0.2, 0) is 14.8 Å². The Hall–Kier alpha value is -2.94. The number of thiophene rings is 1. The first-order valence-electron chi connectivity index (χ1n) is 9.83. The van der Waals surface area contributed by atoms with E-state index in [9.17, 15) is 18.3 Å². The van der Waals surface area contributed by atoms with Gasteiger partial charge in [0.1, 0.15) is 9.75 Å². The fraction of sp³-hybridized carbons (Fsp3) is 0.174. The fourth-order valence-corrected chi connectivity index (χ4v) is 7.12. The summed E-state index contributed by atoms with van der Waals surface area (Å²) in [6.07, 6.45) is 0. The molecule has 1 fully saturated rings. The van der Waals surface area contributed by atoms with Gasteiger partial charge in [-0.3, -0.25) is 4.79 Å². The molecule has 8 heteroatoms. The van der Waals surface area contributed by atoms with E-state index in [0.717, 1.165) is 38.4 Å². The van der Waals surface area contributed by atoms with Crippen molar-refractivity contribution < 1.29 is 18.3 Å². The summed E-state index contributed by atoms with van der Waals surface area (Å²) in [6.45, 7) is 1.76. The van der Waals surface area contributed by atoms with Gasteiger partial charge in [0.15, 0.2) is 0 Å². The second kappa shape index (κ2) is 7.05. The van der Waals surface area contributed by atoms with Crippen LogP contribution in [0.1, 0.15) is 18.4 Å². The smallest absolute Gasteiger partial charge is 0.325 e. The molecule has 2 heterocycles. The number of aliphatic carboxylic acids is 1. The molecule has 0 radical (unpaired) electrons. The predicted octanol–water partition coefficient (Wildman–Crippen LogP) is 4.43. The second-order valence-electron chi connectivity index (χ2n) is 7.85. The predicted molar refractivity (Wildman–Crippen MR) is 121 cm³/mol. The molecule has 158 valence electrons. The highest BCUT2D eigenvalue weighted by Crippen LogP contribution is 2.58. The maximum absolute atomic E-state index is 13.2. The summed E-state index contributed by atoms with van der Waals surface area (Å²) in [6, 6.07) is 22.2. The van der Waals surface area contributed by atoms with Gasteiger partial charge in [0, 0.05) is 16.8 Å². The van der Waals surface area contributed by atoms with Crippen molar-refractivity contribution in [2.45, 2.75) is 22.6 Å². The van der Waals surface area contributed by atoms with Gasteiger partial charge in [-0.15, -0.1) is 11.3 Å². The number of fused-ring (bicyclic) bond motifs is 1. The van der Waals surface area contributed by atoms with Gasteiger partial charge in [-0.25, -0.2) is 8.42 Å². The first-order valence-corrected chi connectivity index (χ1v) is 12.1. The summed E-state index contributed by atoms with van der Waals surface area (Å²) in [4.78, 5) is 16.2. The number of carboxylic acid groups (broad SMARTS) is 1. The monoisotopic (exact) mass is 452 g/mol. The summed E-state index contributed by atoms with van der Waals surface area (Å²) in [5, 5.41) is 11.0. The van der Waals surface area contributed by atoms with Gasteiger partial charge in [-0.2, -0.15) is 4.72 Å². The maximum atomic E-state index is 13.2. The SMILES string of the molecule is CC1[C@@H](c2ccccc2)[C@]1(NS(=O)(=O)c1ccc(-c2cc3ccccc3[nH]2)s1)C(=O)O. The van der Waals surface area contributed by atoms with Crippen molar-refractivity contribution in [3.63, 3.8) is 0 Å². The van der Waals surface area contributed by atoms with Crippen molar-refractivity contribution in [2.75, 3.05) is 0 Å². The molecule has 1 saturated carbocycles. The normalized spacial score (nSPS) is 23.1. The number of rotatable bonds is 6. The van der Waals surface area contributed by atoms with Crippen LogP contribution in [0, 0.1) is 5.92 Å². The number of aromatic amines is 1. The topological polar surface area (TPSA) is 99.3 Å². The van der Waals surface area contributed by atoms with E-state index in [0.29, 0.717) is 0 Å². The van der Waals surface area contributed by atoms with Crippen molar-refractivity contribution in [2.24, 2.45) is 5.92 Å². The average molecular weight is 453 g/mol. The van der Waals surface area contributed by atoms with Gasteiger partial charge in [-0.05, 0) is 35.7 Å². The van der Waals surface area contributed by atoms with Gasteiger partial charge in [-0.1, -0.05) is 55.5 Å². The summed E-state index contributed by atoms with van der Waals surface area (Å²) in [7, 11) is -4.02. The highest BCUT2D eigenvalue weighted by atomic mass is 32.2. The Balaban J connectivity index is 1.46. The van der Waals surface area contributed by atoms with Gasteiger partial charge in [0.05, 0.1) is 10.6 Å². The zero-order chi connectivity index (χ0) is 21.8. The van der Waals surface area contributed by atoms with E-state index < -0.39 is 27.4 Å². The lowest BCUT2D eigenvalue weighted by Crippen LogP contribution is -2.45. The van der Waals surface area contributed by atoms with Crippen LogP contribution in [-0.4, -0.2) is 30.0 Å². The molecule has 1 aliphatic rings. The molecule has 31 heavy (non-hydrogen) atoms. The minimum atomic E-state index is -4.02. The summed E-state index contributed by atoms with van der Waals surface area (Å²) >= 11 is 1.11. The standard InChI is InChI=1S/C23H20N2O4S2/c1-14-21(15-7-3-2-4-8-15)23(14,22(26)27)25-31(28,29)20-12-11-19(30-20)18-13-16-9-5-6-10-17(16)24-18/h2-14,21,24-25H,1H3,(H,26,27)/t14?,21-,23-/m0/s1. The molecular formula is C23H20N2O4S2. The molecule has 4 aromatic rings. The molecule has 2 aromatic carbocycles. The van der Waals surface area contributed by atoms with Crippen LogP contribution in [0.25, 0.3) is 21.5 Å². The van der Waals surface area contributed by atoms with Gasteiger partial charge in [0.25, 0.3) is 10.0 Å². The number of hydrogen-bond donors (Lipinski definition) is 3. The molecule has 3 atom stereocenters. The minimum Gasteiger partial charge on any atom is -0.480 e. The van der Waals surface area contributed by atoms with Crippen LogP contribution in [0.5, 0.6) is 0 Å². The number of hydrogen-bond acceptors (Lipinski definition) is 4. The molecule has 5 rings (SSSR count). The Morgan fingerprint density at radius 3 is 2.48 bits per heavy atom. The number of benzene rings is 2. The quantitative estimate of drug-likeness (QED) is 0.403. The van der Waals surface area contributed by atoms with Gasteiger partial charge >= 0.3 is 5.97 Å². The van der Waals surface area contributed by atoms with E-state index in [1.54, 1.807) is 13.0 Å².